The Morgan fingerprint density at radius 3 is 1.79 bits per heavy atom. The van der Waals surface area contributed by atoms with Gasteiger partial charge in [-0.25, -0.2) is 4.79 Å². The first-order valence-electron chi connectivity index (χ1n) is 12.1. The topological polar surface area (TPSA) is 290 Å². The second kappa shape index (κ2) is 17.5. The Hall–Kier alpha value is -3.95. The first kappa shape index (κ1) is 34.0. The summed E-state index contributed by atoms with van der Waals surface area (Å²) in [6, 6.07) is -5.21. The molecule has 3 amide bonds. The van der Waals surface area contributed by atoms with Crippen LogP contribution in [0.4, 0.5) is 0 Å². The van der Waals surface area contributed by atoms with Crippen molar-refractivity contribution in [2.24, 2.45) is 28.1 Å². The Kier molecular flexibility index (Phi) is 15.7. The van der Waals surface area contributed by atoms with E-state index < -0.39 is 72.1 Å². The summed E-state index contributed by atoms with van der Waals surface area (Å²) in [5.74, 6) is -6.94. The van der Waals surface area contributed by atoms with Gasteiger partial charge in [0, 0.05) is 19.4 Å². The number of carbonyl (C=O) groups excluding carboxylic acids is 3. The highest BCUT2D eigenvalue weighted by atomic mass is 16.4. The molecule has 5 atom stereocenters. The normalized spacial score (nSPS) is 14.6. The lowest BCUT2D eigenvalue weighted by molar-refractivity contribution is -0.144. The molecule has 5 unspecified atom stereocenters. The third-order valence-corrected chi connectivity index (χ3v) is 5.64. The molecule has 12 N–H and O–H groups in total. The summed E-state index contributed by atoms with van der Waals surface area (Å²) < 4.78 is 0. The van der Waals surface area contributed by atoms with Gasteiger partial charge < -0.3 is 48.5 Å². The second-order valence-corrected chi connectivity index (χ2v) is 8.75. The van der Waals surface area contributed by atoms with Crippen LogP contribution in [-0.4, -0.2) is 87.6 Å². The minimum Gasteiger partial charge on any atom is -0.481 e. The third-order valence-electron chi connectivity index (χ3n) is 5.64. The number of nitrogens with zero attached hydrogens (tertiary/aromatic N) is 1. The molecular weight excluding hydrogens is 506 g/mol. The molecule has 38 heavy (non-hydrogen) atoms. The van der Waals surface area contributed by atoms with E-state index in [1.807, 2.05) is 0 Å². The van der Waals surface area contributed by atoms with E-state index in [0.717, 1.165) is 0 Å². The van der Waals surface area contributed by atoms with Gasteiger partial charge in [0.05, 0.1) is 6.04 Å². The van der Waals surface area contributed by atoms with Crippen molar-refractivity contribution in [1.82, 2.24) is 16.0 Å². The number of carboxylic acid groups (broad SMARTS) is 3. The van der Waals surface area contributed by atoms with Crippen LogP contribution in [0.3, 0.4) is 0 Å². The number of aliphatic imine (C=N–C) groups is 1. The van der Waals surface area contributed by atoms with E-state index in [0.29, 0.717) is 6.42 Å². The lowest BCUT2D eigenvalue weighted by atomic mass is 9.98. The van der Waals surface area contributed by atoms with Crippen LogP contribution in [0.5, 0.6) is 0 Å². The highest BCUT2D eigenvalue weighted by Crippen LogP contribution is 2.10. The van der Waals surface area contributed by atoms with Crippen LogP contribution >= 0.6 is 0 Å². The zero-order valence-corrected chi connectivity index (χ0v) is 21.5. The fourth-order valence-electron chi connectivity index (χ4n) is 3.21. The van der Waals surface area contributed by atoms with Crippen molar-refractivity contribution in [3.63, 3.8) is 0 Å². The molecule has 0 fully saturated rings. The first-order valence-corrected chi connectivity index (χ1v) is 12.1. The summed E-state index contributed by atoms with van der Waals surface area (Å²) in [6.07, 6.45) is -0.823. The van der Waals surface area contributed by atoms with Crippen molar-refractivity contribution >= 4 is 41.6 Å². The second-order valence-electron chi connectivity index (χ2n) is 8.75. The molecule has 0 radical (unpaired) electrons. The van der Waals surface area contributed by atoms with Crippen molar-refractivity contribution in [2.75, 3.05) is 6.54 Å². The van der Waals surface area contributed by atoms with Gasteiger partial charge in [0.2, 0.25) is 17.7 Å². The Labute approximate surface area is 219 Å². The van der Waals surface area contributed by atoms with Crippen LogP contribution in [0, 0.1) is 5.92 Å². The highest BCUT2D eigenvalue weighted by Gasteiger charge is 2.32. The standard InChI is InChI=1S/C22H39N7O9/c1-3-11(2)17(21(37)38)29-20(36)14(7-9-16(32)33)28-19(35)13(5-4-10-26-22(24)25)27-18(34)12(23)6-8-15(30)31/h11-14,17H,3-10,23H2,1-2H3,(H,27,34)(H,28,35)(H,29,36)(H,30,31)(H,32,33)(H,37,38)(H4,24,25,26). The number of carboxylic acids is 3. The number of carbonyl (C=O) groups is 6. The highest BCUT2D eigenvalue weighted by molar-refractivity contribution is 5.94. The smallest absolute Gasteiger partial charge is 0.326 e. The van der Waals surface area contributed by atoms with Gasteiger partial charge in [-0.1, -0.05) is 20.3 Å². The van der Waals surface area contributed by atoms with E-state index in [1.54, 1.807) is 13.8 Å². The van der Waals surface area contributed by atoms with Gasteiger partial charge in [-0.2, -0.15) is 0 Å². The summed E-state index contributed by atoms with van der Waals surface area (Å²) in [5.41, 5.74) is 16.3. The fraction of sp³-hybridized carbons (Fsp3) is 0.682. The van der Waals surface area contributed by atoms with Gasteiger partial charge in [-0.3, -0.25) is 29.0 Å². The van der Waals surface area contributed by atoms with Crippen molar-refractivity contribution in [2.45, 2.75) is 83.0 Å². The zero-order chi connectivity index (χ0) is 29.4. The molecule has 0 aromatic heterocycles. The average molecular weight is 546 g/mol. The van der Waals surface area contributed by atoms with Gasteiger partial charge >= 0.3 is 17.9 Å². The number of guanidine groups is 1. The number of amides is 3. The quantitative estimate of drug-likeness (QED) is 0.0469. The molecule has 0 saturated heterocycles. The Morgan fingerprint density at radius 1 is 0.789 bits per heavy atom. The Morgan fingerprint density at radius 2 is 1.29 bits per heavy atom. The molecule has 16 heteroatoms. The van der Waals surface area contributed by atoms with Crippen molar-refractivity contribution < 1.29 is 44.1 Å². The molecule has 216 valence electrons. The van der Waals surface area contributed by atoms with Crippen LogP contribution in [0.1, 0.15) is 58.8 Å². The molecule has 0 saturated carbocycles. The summed E-state index contributed by atoms with van der Waals surface area (Å²) in [4.78, 5) is 75.7. The average Bonchev–Trinajstić information content (AvgIpc) is 2.83. The molecule has 0 rings (SSSR count). The third kappa shape index (κ3) is 14.0. The van der Waals surface area contributed by atoms with Crippen LogP contribution in [0.2, 0.25) is 0 Å². The SMILES string of the molecule is CCC(C)C(NC(=O)C(CCC(=O)O)NC(=O)C(CCCN=C(N)N)NC(=O)C(N)CCC(=O)O)C(=O)O. The first-order chi connectivity index (χ1) is 17.7. The van der Waals surface area contributed by atoms with E-state index in [4.69, 9.17) is 27.4 Å². The maximum atomic E-state index is 13.1. The van der Waals surface area contributed by atoms with Crippen molar-refractivity contribution in [1.29, 1.82) is 0 Å². The molecular formula is C22H39N7O9. The maximum absolute atomic E-state index is 13.1. The van der Waals surface area contributed by atoms with Gasteiger partial charge in [0.15, 0.2) is 5.96 Å². The number of hydrogen-bond acceptors (Lipinski definition) is 8. The molecule has 0 aliphatic carbocycles. The van der Waals surface area contributed by atoms with E-state index >= 15 is 0 Å². The fourth-order valence-corrected chi connectivity index (χ4v) is 3.21. The predicted octanol–water partition coefficient (Wildman–Crippen LogP) is -2.32. The summed E-state index contributed by atoms with van der Waals surface area (Å²) in [5, 5.41) is 34.4. The maximum Gasteiger partial charge on any atom is 0.326 e. The number of nitrogens with one attached hydrogen (secondary N) is 3. The van der Waals surface area contributed by atoms with Crippen LogP contribution in [0.15, 0.2) is 4.99 Å². The van der Waals surface area contributed by atoms with E-state index in [2.05, 4.69) is 20.9 Å². The molecule has 0 aliphatic heterocycles. The van der Waals surface area contributed by atoms with E-state index in [9.17, 15) is 33.9 Å². The molecule has 0 aromatic rings. The molecule has 0 bridgehead atoms. The predicted molar refractivity (Wildman–Crippen MR) is 135 cm³/mol. The monoisotopic (exact) mass is 545 g/mol. The van der Waals surface area contributed by atoms with E-state index in [1.165, 1.54) is 0 Å². The van der Waals surface area contributed by atoms with Crippen molar-refractivity contribution in [3.8, 4) is 0 Å². The molecule has 16 nitrogen and oxygen atoms in total. The molecule has 0 aliphatic rings. The molecule has 0 heterocycles. The number of rotatable bonds is 19. The Bertz CT molecular complexity index is 877. The van der Waals surface area contributed by atoms with E-state index in [-0.39, 0.29) is 44.6 Å². The zero-order valence-electron chi connectivity index (χ0n) is 21.5. The lowest BCUT2D eigenvalue weighted by Crippen LogP contribution is -2.57. The number of hydrogen-bond donors (Lipinski definition) is 9. The summed E-state index contributed by atoms with van der Waals surface area (Å²) in [7, 11) is 0. The minimum atomic E-state index is -1.43. The minimum absolute atomic E-state index is 0.0160. The molecule has 0 aromatic carbocycles. The largest absolute Gasteiger partial charge is 0.481 e. The van der Waals surface area contributed by atoms with Crippen LogP contribution < -0.4 is 33.2 Å². The Balaban J connectivity index is 5.73. The summed E-state index contributed by atoms with van der Waals surface area (Å²) >= 11 is 0. The number of nitrogens with two attached hydrogens (primary N) is 3. The van der Waals surface area contributed by atoms with Gasteiger partial charge in [0.1, 0.15) is 18.1 Å². The van der Waals surface area contributed by atoms with Gasteiger partial charge in [-0.15, -0.1) is 0 Å². The van der Waals surface area contributed by atoms with Crippen LogP contribution in [0.25, 0.3) is 0 Å². The lowest BCUT2D eigenvalue weighted by Gasteiger charge is -2.26. The van der Waals surface area contributed by atoms with Gasteiger partial charge in [-0.05, 0) is 31.6 Å². The summed E-state index contributed by atoms with van der Waals surface area (Å²) in [6.45, 7) is 3.44. The van der Waals surface area contributed by atoms with Crippen LogP contribution in [-0.2, 0) is 28.8 Å². The number of aliphatic carboxylic acids is 3. The molecule has 0 spiro atoms. The van der Waals surface area contributed by atoms with Gasteiger partial charge in [0.25, 0.3) is 0 Å². The van der Waals surface area contributed by atoms with Crippen molar-refractivity contribution in [3.05, 3.63) is 0 Å².